The summed E-state index contributed by atoms with van der Waals surface area (Å²) >= 11 is 11.9. The van der Waals surface area contributed by atoms with E-state index in [2.05, 4.69) is 10.6 Å². The Kier molecular flexibility index (Phi) is 5.10. The van der Waals surface area contributed by atoms with E-state index in [-0.39, 0.29) is 5.91 Å². The first kappa shape index (κ1) is 15.7. The maximum Gasteiger partial charge on any atom is 0.255 e. The summed E-state index contributed by atoms with van der Waals surface area (Å²) in [5.41, 5.74) is 3.05. The molecule has 110 valence electrons. The standard InChI is InChI=1S/C16H16Cl2N2O/c1-3-19-12-5-6-13(10(2)8-12)16(21)20-15-7-4-11(17)9-14(15)18/h4-9,19H,3H2,1-2H3,(H,20,21). The Morgan fingerprint density at radius 3 is 2.52 bits per heavy atom. The Balaban J connectivity index is 2.20. The lowest BCUT2D eigenvalue weighted by Crippen LogP contribution is -2.14. The first-order valence-corrected chi connectivity index (χ1v) is 7.37. The van der Waals surface area contributed by atoms with Crippen molar-refractivity contribution < 1.29 is 4.79 Å². The summed E-state index contributed by atoms with van der Waals surface area (Å²) in [6.45, 7) is 4.77. The van der Waals surface area contributed by atoms with Crippen molar-refractivity contribution in [1.29, 1.82) is 0 Å². The third-order valence-electron chi connectivity index (χ3n) is 3.03. The highest BCUT2D eigenvalue weighted by Crippen LogP contribution is 2.26. The molecule has 2 aromatic rings. The van der Waals surface area contributed by atoms with Gasteiger partial charge in [-0.05, 0) is 55.8 Å². The van der Waals surface area contributed by atoms with Crippen LogP contribution >= 0.6 is 23.2 Å². The Labute approximate surface area is 134 Å². The Morgan fingerprint density at radius 2 is 1.90 bits per heavy atom. The zero-order valence-electron chi connectivity index (χ0n) is 11.8. The van der Waals surface area contributed by atoms with Crippen molar-refractivity contribution in [2.24, 2.45) is 0 Å². The monoisotopic (exact) mass is 322 g/mol. The number of rotatable bonds is 4. The van der Waals surface area contributed by atoms with E-state index in [9.17, 15) is 4.79 Å². The van der Waals surface area contributed by atoms with Gasteiger partial charge in [-0.2, -0.15) is 0 Å². The van der Waals surface area contributed by atoms with Gasteiger partial charge in [0, 0.05) is 22.8 Å². The van der Waals surface area contributed by atoms with E-state index in [1.165, 1.54) is 0 Å². The van der Waals surface area contributed by atoms with Gasteiger partial charge in [-0.15, -0.1) is 0 Å². The summed E-state index contributed by atoms with van der Waals surface area (Å²) in [6, 6.07) is 10.6. The molecule has 0 aromatic heterocycles. The van der Waals surface area contributed by atoms with Gasteiger partial charge in [0.1, 0.15) is 0 Å². The molecular weight excluding hydrogens is 307 g/mol. The van der Waals surface area contributed by atoms with Gasteiger partial charge in [0.2, 0.25) is 0 Å². The SMILES string of the molecule is CCNc1ccc(C(=O)Nc2ccc(Cl)cc2Cl)c(C)c1. The van der Waals surface area contributed by atoms with Crippen molar-refractivity contribution >= 4 is 40.5 Å². The van der Waals surface area contributed by atoms with Crippen molar-refractivity contribution in [3.63, 3.8) is 0 Å². The number of nitrogens with one attached hydrogen (secondary N) is 2. The van der Waals surface area contributed by atoms with Crippen LogP contribution in [0.3, 0.4) is 0 Å². The summed E-state index contributed by atoms with van der Waals surface area (Å²) in [7, 11) is 0. The number of carbonyl (C=O) groups is 1. The van der Waals surface area contributed by atoms with Crippen LogP contribution in [0.2, 0.25) is 10.0 Å². The molecule has 0 bridgehead atoms. The molecule has 0 aliphatic rings. The van der Waals surface area contributed by atoms with Gasteiger partial charge in [0.15, 0.2) is 0 Å². The molecular formula is C16H16Cl2N2O. The summed E-state index contributed by atoms with van der Waals surface area (Å²) in [5, 5.41) is 6.95. The first-order chi connectivity index (χ1) is 10.0. The van der Waals surface area contributed by atoms with Crippen molar-refractivity contribution in [3.05, 3.63) is 57.6 Å². The van der Waals surface area contributed by atoms with Crippen molar-refractivity contribution in [3.8, 4) is 0 Å². The molecule has 0 radical (unpaired) electrons. The number of hydrogen-bond acceptors (Lipinski definition) is 2. The summed E-state index contributed by atoms with van der Waals surface area (Å²) in [5.74, 6) is -0.195. The highest BCUT2D eigenvalue weighted by atomic mass is 35.5. The van der Waals surface area contributed by atoms with E-state index in [0.29, 0.717) is 21.3 Å². The Hall–Kier alpha value is -1.71. The van der Waals surface area contributed by atoms with E-state index in [1.807, 2.05) is 26.0 Å². The second-order valence-corrected chi connectivity index (χ2v) is 5.48. The van der Waals surface area contributed by atoms with E-state index in [4.69, 9.17) is 23.2 Å². The molecule has 0 unspecified atom stereocenters. The van der Waals surface area contributed by atoms with Crippen LogP contribution in [0.25, 0.3) is 0 Å². The van der Waals surface area contributed by atoms with Crippen molar-refractivity contribution in [2.75, 3.05) is 17.2 Å². The molecule has 0 aliphatic heterocycles. The van der Waals surface area contributed by atoms with Gasteiger partial charge in [-0.3, -0.25) is 4.79 Å². The highest BCUT2D eigenvalue weighted by molar-refractivity contribution is 6.36. The van der Waals surface area contributed by atoms with Crippen LogP contribution in [0.1, 0.15) is 22.8 Å². The minimum Gasteiger partial charge on any atom is -0.385 e. The second kappa shape index (κ2) is 6.83. The minimum absolute atomic E-state index is 0.195. The largest absolute Gasteiger partial charge is 0.385 e. The maximum absolute atomic E-state index is 12.3. The predicted octanol–water partition coefficient (Wildman–Crippen LogP) is 4.99. The smallest absolute Gasteiger partial charge is 0.255 e. The molecule has 5 heteroatoms. The van der Waals surface area contributed by atoms with E-state index in [0.717, 1.165) is 17.8 Å². The Bertz CT molecular complexity index is 671. The fraction of sp³-hybridized carbons (Fsp3) is 0.188. The lowest BCUT2D eigenvalue weighted by atomic mass is 10.1. The van der Waals surface area contributed by atoms with Crippen LogP contribution in [-0.2, 0) is 0 Å². The molecule has 0 saturated carbocycles. The van der Waals surface area contributed by atoms with Gasteiger partial charge in [0.25, 0.3) is 5.91 Å². The van der Waals surface area contributed by atoms with Crippen molar-refractivity contribution in [2.45, 2.75) is 13.8 Å². The minimum atomic E-state index is -0.195. The molecule has 3 nitrogen and oxygen atoms in total. The average Bonchev–Trinajstić information content (AvgIpc) is 2.42. The molecule has 0 atom stereocenters. The molecule has 2 rings (SSSR count). The quantitative estimate of drug-likeness (QED) is 0.832. The molecule has 2 N–H and O–H groups in total. The number of carbonyl (C=O) groups excluding carboxylic acids is 1. The zero-order valence-corrected chi connectivity index (χ0v) is 13.3. The van der Waals surface area contributed by atoms with E-state index >= 15 is 0 Å². The lowest BCUT2D eigenvalue weighted by molar-refractivity contribution is 0.102. The topological polar surface area (TPSA) is 41.1 Å². The summed E-state index contributed by atoms with van der Waals surface area (Å²) in [4.78, 5) is 12.3. The number of aryl methyl sites for hydroxylation is 1. The van der Waals surface area contributed by atoms with Gasteiger partial charge < -0.3 is 10.6 Å². The average molecular weight is 323 g/mol. The van der Waals surface area contributed by atoms with Crippen LogP contribution < -0.4 is 10.6 Å². The Morgan fingerprint density at radius 1 is 1.14 bits per heavy atom. The van der Waals surface area contributed by atoms with Crippen molar-refractivity contribution in [1.82, 2.24) is 0 Å². The van der Waals surface area contributed by atoms with Crippen LogP contribution in [0, 0.1) is 6.92 Å². The predicted molar refractivity (Wildman–Crippen MR) is 89.8 cm³/mol. The van der Waals surface area contributed by atoms with Gasteiger partial charge in [0.05, 0.1) is 10.7 Å². The fourth-order valence-electron chi connectivity index (χ4n) is 2.01. The maximum atomic E-state index is 12.3. The lowest BCUT2D eigenvalue weighted by Gasteiger charge is -2.11. The van der Waals surface area contributed by atoms with Crippen LogP contribution in [0.15, 0.2) is 36.4 Å². The zero-order chi connectivity index (χ0) is 15.4. The highest BCUT2D eigenvalue weighted by Gasteiger charge is 2.11. The summed E-state index contributed by atoms with van der Waals surface area (Å²) in [6.07, 6.45) is 0. The number of anilines is 2. The molecule has 2 aromatic carbocycles. The first-order valence-electron chi connectivity index (χ1n) is 6.62. The van der Waals surface area contributed by atoms with Gasteiger partial charge in [-0.1, -0.05) is 23.2 Å². The molecule has 1 amide bonds. The van der Waals surface area contributed by atoms with E-state index in [1.54, 1.807) is 24.3 Å². The molecule has 0 aliphatic carbocycles. The number of hydrogen-bond donors (Lipinski definition) is 2. The fourth-order valence-corrected chi connectivity index (χ4v) is 2.47. The molecule has 0 saturated heterocycles. The van der Waals surface area contributed by atoms with Crippen LogP contribution in [0.4, 0.5) is 11.4 Å². The van der Waals surface area contributed by atoms with Crippen LogP contribution in [0.5, 0.6) is 0 Å². The molecule has 0 heterocycles. The van der Waals surface area contributed by atoms with Gasteiger partial charge in [-0.25, -0.2) is 0 Å². The van der Waals surface area contributed by atoms with Gasteiger partial charge >= 0.3 is 0 Å². The second-order valence-electron chi connectivity index (χ2n) is 4.64. The molecule has 0 spiro atoms. The number of halogens is 2. The number of benzene rings is 2. The molecule has 21 heavy (non-hydrogen) atoms. The number of amides is 1. The van der Waals surface area contributed by atoms with E-state index < -0.39 is 0 Å². The molecule has 0 fully saturated rings. The third-order valence-corrected chi connectivity index (χ3v) is 3.58. The normalized spacial score (nSPS) is 10.3. The third kappa shape index (κ3) is 3.90. The summed E-state index contributed by atoms with van der Waals surface area (Å²) < 4.78 is 0. The van der Waals surface area contributed by atoms with Crippen LogP contribution in [-0.4, -0.2) is 12.5 Å².